The number of anilines is 1. The number of hydrogen-bond acceptors (Lipinski definition) is 6. The standard InChI is InChI=1S/C18H20N4O3S/c23-18(21-15-6-7-26(24,25)11-15)14-9-22(10-14)17-8-16(19-12-20-17)13-4-2-1-3-5-13/h1-5,8,12,14-15H,6-7,9-11H2,(H,21,23)/t15-/m0/s1. The molecule has 0 radical (unpaired) electrons. The van der Waals surface area contributed by atoms with Crippen LogP contribution in [0.4, 0.5) is 5.82 Å². The Morgan fingerprint density at radius 3 is 2.62 bits per heavy atom. The minimum Gasteiger partial charge on any atom is -0.355 e. The molecule has 0 unspecified atom stereocenters. The van der Waals surface area contributed by atoms with Crippen LogP contribution in [0.1, 0.15) is 6.42 Å². The Hall–Kier alpha value is -2.48. The molecule has 26 heavy (non-hydrogen) atoms. The highest BCUT2D eigenvalue weighted by molar-refractivity contribution is 7.91. The number of aromatic nitrogens is 2. The van der Waals surface area contributed by atoms with Gasteiger partial charge in [-0.15, -0.1) is 0 Å². The molecule has 3 heterocycles. The summed E-state index contributed by atoms with van der Waals surface area (Å²) in [6, 6.07) is 11.6. The van der Waals surface area contributed by atoms with Crippen molar-refractivity contribution < 1.29 is 13.2 Å². The molecule has 4 rings (SSSR count). The van der Waals surface area contributed by atoms with Crippen LogP contribution in [0.15, 0.2) is 42.7 Å². The van der Waals surface area contributed by atoms with Gasteiger partial charge in [-0.25, -0.2) is 18.4 Å². The van der Waals surface area contributed by atoms with E-state index in [0.29, 0.717) is 19.5 Å². The molecular formula is C18H20N4O3S. The molecule has 136 valence electrons. The van der Waals surface area contributed by atoms with E-state index in [0.717, 1.165) is 17.1 Å². The van der Waals surface area contributed by atoms with Crippen molar-refractivity contribution in [1.82, 2.24) is 15.3 Å². The molecule has 2 fully saturated rings. The maximum Gasteiger partial charge on any atom is 0.226 e. The molecule has 1 atom stereocenters. The third-order valence-corrected chi connectivity index (χ3v) is 6.65. The summed E-state index contributed by atoms with van der Waals surface area (Å²) in [6.07, 6.45) is 2.05. The third-order valence-electron chi connectivity index (χ3n) is 4.88. The van der Waals surface area contributed by atoms with Gasteiger partial charge in [-0.1, -0.05) is 30.3 Å². The number of rotatable bonds is 4. The van der Waals surface area contributed by atoms with Gasteiger partial charge in [0.1, 0.15) is 12.1 Å². The van der Waals surface area contributed by atoms with Crippen molar-refractivity contribution in [2.45, 2.75) is 12.5 Å². The van der Waals surface area contributed by atoms with Gasteiger partial charge in [-0.2, -0.15) is 0 Å². The number of nitrogens with one attached hydrogen (secondary N) is 1. The molecule has 2 saturated heterocycles. The zero-order valence-electron chi connectivity index (χ0n) is 14.2. The zero-order valence-corrected chi connectivity index (χ0v) is 15.0. The number of hydrogen-bond donors (Lipinski definition) is 1. The van der Waals surface area contributed by atoms with E-state index in [-0.39, 0.29) is 29.4 Å². The lowest BCUT2D eigenvalue weighted by Crippen LogP contribution is -2.55. The van der Waals surface area contributed by atoms with Crippen molar-refractivity contribution in [2.75, 3.05) is 29.5 Å². The van der Waals surface area contributed by atoms with E-state index >= 15 is 0 Å². The van der Waals surface area contributed by atoms with Crippen LogP contribution in [0.5, 0.6) is 0 Å². The van der Waals surface area contributed by atoms with Crippen LogP contribution in [0.25, 0.3) is 11.3 Å². The highest BCUT2D eigenvalue weighted by Crippen LogP contribution is 2.26. The molecule has 1 aromatic heterocycles. The van der Waals surface area contributed by atoms with E-state index in [4.69, 9.17) is 0 Å². The van der Waals surface area contributed by atoms with Crippen molar-refractivity contribution in [3.8, 4) is 11.3 Å². The van der Waals surface area contributed by atoms with E-state index in [2.05, 4.69) is 15.3 Å². The fourth-order valence-electron chi connectivity index (χ4n) is 3.35. The maximum atomic E-state index is 12.3. The quantitative estimate of drug-likeness (QED) is 0.857. The smallest absolute Gasteiger partial charge is 0.226 e. The van der Waals surface area contributed by atoms with Gasteiger partial charge in [0.15, 0.2) is 9.84 Å². The second-order valence-electron chi connectivity index (χ2n) is 6.84. The molecule has 2 aliphatic heterocycles. The van der Waals surface area contributed by atoms with Crippen LogP contribution >= 0.6 is 0 Å². The Bertz CT molecular complexity index is 911. The number of nitrogens with zero attached hydrogens (tertiary/aromatic N) is 3. The minimum absolute atomic E-state index is 0.0571. The number of carbonyl (C=O) groups is 1. The van der Waals surface area contributed by atoms with Gasteiger partial charge < -0.3 is 10.2 Å². The predicted octanol–water partition coefficient (Wildman–Crippen LogP) is 0.883. The second-order valence-corrected chi connectivity index (χ2v) is 9.07. The number of sulfone groups is 1. The lowest BCUT2D eigenvalue weighted by atomic mass is 9.98. The molecular weight excluding hydrogens is 352 g/mol. The molecule has 0 bridgehead atoms. The third kappa shape index (κ3) is 3.55. The van der Waals surface area contributed by atoms with E-state index in [1.54, 1.807) is 0 Å². The van der Waals surface area contributed by atoms with Crippen molar-refractivity contribution in [3.63, 3.8) is 0 Å². The molecule has 7 nitrogen and oxygen atoms in total. The van der Waals surface area contributed by atoms with Crippen molar-refractivity contribution in [2.24, 2.45) is 5.92 Å². The van der Waals surface area contributed by atoms with Crippen LogP contribution in [0.3, 0.4) is 0 Å². The van der Waals surface area contributed by atoms with E-state index in [1.807, 2.05) is 41.3 Å². The second kappa shape index (κ2) is 6.68. The van der Waals surface area contributed by atoms with Crippen LogP contribution in [0, 0.1) is 5.92 Å². The molecule has 1 amide bonds. The maximum absolute atomic E-state index is 12.3. The molecule has 1 N–H and O–H groups in total. The largest absolute Gasteiger partial charge is 0.355 e. The van der Waals surface area contributed by atoms with Gasteiger partial charge in [-0.3, -0.25) is 4.79 Å². The summed E-state index contributed by atoms with van der Waals surface area (Å²) in [5, 5.41) is 2.87. The number of benzene rings is 1. The van der Waals surface area contributed by atoms with Gasteiger partial charge in [0.2, 0.25) is 5.91 Å². The number of carbonyl (C=O) groups excluding carboxylic acids is 1. The minimum atomic E-state index is -2.98. The van der Waals surface area contributed by atoms with E-state index in [9.17, 15) is 13.2 Å². The summed E-state index contributed by atoms with van der Waals surface area (Å²) in [5.74, 6) is 0.819. The molecule has 2 aromatic rings. The summed E-state index contributed by atoms with van der Waals surface area (Å²) in [5.41, 5.74) is 1.87. The van der Waals surface area contributed by atoms with Crippen LogP contribution in [0.2, 0.25) is 0 Å². The molecule has 8 heteroatoms. The van der Waals surface area contributed by atoms with Crippen LogP contribution in [-0.2, 0) is 14.6 Å². The zero-order chi connectivity index (χ0) is 18.1. The van der Waals surface area contributed by atoms with Gasteiger partial charge in [0.05, 0.1) is 23.1 Å². The van der Waals surface area contributed by atoms with E-state index < -0.39 is 9.84 Å². The van der Waals surface area contributed by atoms with Crippen molar-refractivity contribution in [3.05, 3.63) is 42.7 Å². The molecule has 0 aliphatic carbocycles. The summed E-state index contributed by atoms with van der Waals surface area (Å²) in [4.78, 5) is 22.9. The average Bonchev–Trinajstić information content (AvgIpc) is 2.93. The number of amides is 1. The average molecular weight is 372 g/mol. The summed E-state index contributed by atoms with van der Waals surface area (Å²) < 4.78 is 23.0. The SMILES string of the molecule is O=C(N[C@H]1CCS(=O)(=O)C1)C1CN(c2cc(-c3ccccc3)ncn2)C1. The predicted molar refractivity (Wildman–Crippen MR) is 98.4 cm³/mol. The fourth-order valence-corrected chi connectivity index (χ4v) is 5.02. The molecule has 0 saturated carbocycles. The van der Waals surface area contributed by atoms with Gasteiger partial charge >= 0.3 is 0 Å². The first-order chi connectivity index (χ1) is 12.5. The Kier molecular flexibility index (Phi) is 4.36. The highest BCUT2D eigenvalue weighted by atomic mass is 32.2. The monoisotopic (exact) mass is 372 g/mol. The van der Waals surface area contributed by atoms with Crippen LogP contribution in [-0.4, -0.2) is 54.9 Å². The Labute approximate surface area is 152 Å². The van der Waals surface area contributed by atoms with Gasteiger partial charge in [0, 0.05) is 30.8 Å². The topological polar surface area (TPSA) is 92.3 Å². The van der Waals surface area contributed by atoms with Crippen molar-refractivity contribution in [1.29, 1.82) is 0 Å². The summed E-state index contributed by atoms with van der Waals surface area (Å²) in [6.45, 7) is 1.16. The lowest BCUT2D eigenvalue weighted by molar-refractivity contribution is -0.126. The Balaban J connectivity index is 1.35. The van der Waals surface area contributed by atoms with Crippen molar-refractivity contribution >= 4 is 21.6 Å². The van der Waals surface area contributed by atoms with Crippen LogP contribution < -0.4 is 10.2 Å². The lowest BCUT2D eigenvalue weighted by Gasteiger charge is -2.39. The Morgan fingerprint density at radius 1 is 1.15 bits per heavy atom. The van der Waals surface area contributed by atoms with Gasteiger partial charge in [-0.05, 0) is 6.42 Å². The summed E-state index contributed by atoms with van der Waals surface area (Å²) in [7, 11) is -2.98. The first-order valence-corrected chi connectivity index (χ1v) is 10.5. The first kappa shape index (κ1) is 17.0. The molecule has 0 spiro atoms. The Morgan fingerprint density at radius 2 is 1.92 bits per heavy atom. The van der Waals surface area contributed by atoms with Gasteiger partial charge in [0.25, 0.3) is 0 Å². The van der Waals surface area contributed by atoms with E-state index in [1.165, 1.54) is 6.33 Å². The highest BCUT2D eigenvalue weighted by Gasteiger charge is 2.36. The first-order valence-electron chi connectivity index (χ1n) is 8.63. The molecule has 1 aromatic carbocycles. The summed E-state index contributed by atoms with van der Waals surface area (Å²) >= 11 is 0. The fraction of sp³-hybridized carbons (Fsp3) is 0.389. The molecule has 2 aliphatic rings. The normalized spacial score (nSPS) is 22.0.